The van der Waals surface area contributed by atoms with Gasteiger partial charge in [0.2, 0.25) is 0 Å². The number of rotatable bonds is 5. The molecule has 3 nitrogen and oxygen atoms in total. The number of methoxy groups -OCH3 is 2. The fourth-order valence-electron chi connectivity index (χ4n) is 2.03. The van der Waals surface area contributed by atoms with Crippen molar-refractivity contribution in [1.29, 1.82) is 0 Å². The van der Waals surface area contributed by atoms with Crippen LogP contribution in [0.15, 0.2) is 52.3 Å². The van der Waals surface area contributed by atoms with E-state index >= 15 is 0 Å². The molecule has 0 spiro atoms. The third kappa shape index (κ3) is 3.26. The van der Waals surface area contributed by atoms with Gasteiger partial charge < -0.3 is 15.2 Å². The summed E-state index contributed by atoms with van der Waals surface area (Å²) in [5.74, 6) is 1.67. The third-order valence-electron chi connectivity index (χ3n) is 2.97. The Labute approximate surface area is 124 Å². The molecular formula is C16H19NO2S. The minimum atomic E-state index is -0.0840. The van der Waals surface area contributed by atoms with Gasteiger partial charge >= 0.3 is 0 Å². The second kappa shape index (κ2) is 6.68. The van der Waals surface area contributed by atoms with Gasteiger partial charge in [-0.15, -0.1) is 0 Å². The lowest BCUT2D eigenvalue weighted by molar-refractivity contribution is 0.405. The molecule has 4 heteroatoms. The molecule has 0 radical (unpaired) electrons. The highest BCUT2D eigenvalue weighted by atomic mass is 32.2. The molecule has 0 aliphatic rings. The number of hydrogen-bond acceptors (Lipinski definition) is 4. The minimum Gasteiger partial charge on any atom is -0.497 e. The van der Waals surface area contributed by atoms with Crippen LogP contribution in [0.25, 0.3) is 0 Å². The fourth-order valence-corrected chi connectivity index (χ4v) is 3.15. The first-order valence-corrected chi connectivity index (χ1v) is 7.21. The van der Waals surface area contributed by atoms with E-state index in [0.717, 1.165) is 26.9 Å². The molecule has 0 saturated heterocycles. The summed E-state index contributed by atoms with van der Waals surface area (Å²) in [6.07, 6.45) is 0. The Morgan fingerprint density at radius 1 is 1.05 bits per heavy atom. The molecule has 0 aromatic heterocycles. The van der Waals surface area contributed by atoms with Gasteiger partial charge in [0.05, 0.1) is 14.2 Å². The highest BCUT2D eigenvalue weighted by Crippen LogP contribution is 2.38. The van der Waals surface area contributed by atoms with Crippen molar-refractivity contribution in [2.45, 2.75) is 22.8 Å². The molecular weight excluding hydrogens is 270 g/mol. The molecule has 106 valence electrons. The Balaban J connectivity index is 2.37. The molecule has 0 bridgehead atoms. The molecule has 1 atom stereocenters. The summed E-state index contributed by atoms with van der Waals surface area (Å²) in [5, 5.41) is 0. The summed E-state index contributed by atoms with van der Waals surface area (Å²) >= 11 is 1.66. The van der Waals surface area contributed by atoms with E-state index in [-0.39, 0.29) is 6.04 Å². The zero-order chi connectivity index (χ0) is 14.5. The lowest BCUT2D eigenvalue weighted by Crippen LogP contribution is -2.08. The highest BCUT2D eigenvalue weighted by Gasteiger charge is 2.14. The van der Waals surface area contributed by atoms with Gasteiger partial charge in [-0.1, -0.05) is 23.9 Å². The number of nitrogens with two attached hydrogens (primary N) is 1. The normalized spacial score (nSPS) is 12.0. The van der Waals surface area contributed by atoms with E-state index in [4.69, 9.17) is 15.2 Å². The largest absolute Gasteiger partial charge is 0.497 e. The standard InChI is InChI=1S/C16H19NO2S/c1-11(17)16-14(19-3)8-5-9-15(16)20-13-7-4-6-12(10-13)18-2/h4-11H,17H2,1-3H3. The summed E-state index contributed by atoms with van der Waals surface area (Å²) < 4.78 is 10.7. The van der Waals surface area contributed by atoms with Crippen molar-refractivity contribution in [3.05, 3.63) is 48.0 Å². The topological polar surface area (TPSA) is 44.5 Å². The van der Waals surface area contributed by atoms with Crippen LogP contribution in [0.2, 0.25) is 0 Å². The van der Waals surface area contributed by atoms with E-state index in [1.54, 1.807) is 26.0 Å². The average molecular weight is 289 g/mol. The molecule has 0 saturated carbocycles. The first-order chi connectivity index (χ1) is 9.65. The van der Waals surface area contributed by atoms with Crippen molar-refractivity contribution in [2.24, 2.45) is 5.73 Å². The molecule has 0 aliphatic carbocycles. The van der Waals surface area contributed by atoms with Gasteiger partial charge in [-0.25, -0.2) is 0 Å². The van der Waals surface area contributed by atoms with Crippen LogP contribution in [0, 0.1) is 0 Å². The summed E-state index contributed by atoms with van der Waals surface area (Å²) in [6.45, 7) is 1.97. The van der Waals surface area contributed by atoms with Gasteiger partial charge in [0.15, 0.2) is 0 Å². The number of ether oxygens (including phenoxy) is 2. The molecule has 1 unspecified atom stereocenters. The maximum Gasteiger partial charge on any atom is 0.124 e. The molecule has 20 heavy (non-hydrogen) atoms. The maximum atomic E-state index is 6.08. The maximum absolute atomic E-state index is 6.08. The van der Waals surface area contributed by atoms with Gasteiger partial charge in [-0.05, 0) is 37.3 Å². The predicted octanol–water partition coefficient (Wildman–Crippen LogP) is 3.87. The summed E-state index contributed by atoms with van der Waals surface area (Å²) in [6, 6.07) is 13.9. The minimum absolute atomic E-state index is 0.0840. The van der Waals surface area contributed by atoms with Gasteiger partial charge in [0, 0.05) is 21.4 Å². The molecule has 0 aliphatic heterocycles. The van der Waals surface area contributed by atoms with Crippen molar-refractivity contribution in [1.82, 2.24) is 0 Å². The molecule has 2 N–H and O–H groups in total. The summed E-state index contributed by atoms with van der Waals surface area (Å²) in [7, 11) is 3.34. The fraction of sp³-hybridized carbons (Fsp3) is 0.250. The van der Waals surface area contributed by atoms with Crippen LogP contribution in [-0.4, -0.2) is 14.2 Å². The van der Waals surface area contributed by atoms with E-state index < -0.39 is 0 Å². The summed E-state index contributed by atoms with van der Waals surface area (Å²) in [5.41, 5.74) is 7.11. The first-order valence-electron chi connectivity index (χ1n) is 6.40. The highest BCUT2D eigenvalue weighted by molar-refractivity contribution is 7.99. The Hall–Kier alpha value is -1.65. The van der Waals surface area contributed by atoms with Gasteiger partial charge in [0.1, 0.15) is 11.5 Å². The van der Waals surface area contributed by atoms with Crippen LogP contribution in [-0.2, 0) is 0 Å². The monoisotopic (exact) mass is 289 g/mol. The predicted molar refractivity (Wildman–Crippen MR) is 82.7 cm³/mol. The van der Waals surface area contributed by atoms with Crippen molar-refractivity contribution in [2.75, 3.05) is 14.2 Å². The summed E-state index contributed by atoms with van der Waals surface area (Å²) in [4.78, 5) is 2.21. The van der Waals surface area contributed by atoms with E-state index in [0.29, 0.717) is 0 Å². The van der Waals surface area contributed by atoms with Gasteiger partial charge in [0.25, 0.3) is 0 Å². The van der Waals surface area contributed by atoms with E-state index in [2.05, 4.69) is 12.1 Å². The second-order valence-electron chi connectivity index (χ2n) is 4.44. The number of benzene rings is 2. The van der Waals surface area contributed by atoms with Crippen molar-refractivity contribution < 1.29 is 9.47 Å². The molecule has 0 amide bonds. The van der Waals surface area contributed by atoms with Crippen LogP contribution < -0.4 is 15.2 Å². The third-order valence-corrected chi connectivity index (χ3v) is 4.04. The van der Waals surface area contributed by atoms with Crippen LogP contribution in [0.3, 0.4) is 0 Å². The Morgan fingerprint density at radius 3 is 2.45 bits per heavy atom. The zero-order valence-corrected chi connectivity index (χ0v) is 12.7. The Kier molecular flexibility index (Phi) is 4.93. The van der Waals surface area contributed by atoms with Crippen LogP contribution in [0.1, 0.15) is 18.5 Å². The van der Waals surface area contributed by atoms with Crippen molar-refractivity contribution in [3.63, 3.8) is 0 Å². The van der Waals surface area contributed by atoms with Crippen LogP contribution in [0.5, 0.6) is 11.5 Å². The van der Waals surface area contributed by atoms with Crippen LogP contribution in [0.4, 0.5) is 0 Å². The second-order valence-corrected chi connectivity index (χ2v) is 5.56. The molecule has 2 aromatic carbocycles. The average Bonchev–Trinajstić information content (AvgIpc) is 2.46. The Morgan fingerprint density at radius 2 is 1.80 bits per heavy atom. The SMILES string of the molecule is COc1cccc(Sc2cccc(OC)c2C(C)N)c1. The molecule has 2 aromatic rings. The molecule has 0 fully saturated rings. The Bertz CT molecular complexity index is 584. The van der Waals surface area contributed by atoms with Crippen molar-refractivity contribution >= 4 is 11.8 Å². The van der Waals surface area contributed by atoms with Gasteiger partial charge in [-0.2, -0.15) is 0 Å². The lowest BCUT2D eigenvalue weighted by Gasteiger charge is -2.16. The number of hydrogen-bond donors (Lipinski definition) is 1. The zero-order valence-electron chi connectivity index (χ0n) is 11.9. The van der Waals surface area contributed by atoms with E-state index in [1.807, 2.05) is 37.3 Å². The first kappa shape index (κ1) is 14.8. The molecule has 2 rings (SSSR count). The lowest BCUT2D eigenvalue weighted by atomic mass is 10.1. The molecule has 0 heterocycles. The van der Waals surface area contributed by atoms with E-state index in [1.165, 1.54) is 0 Å². The quantitative estimate of drug-likeness (QED) is 0.907. The van der Waals surface area contributed by atoms with Crippen molar-refractivity contribution in [3.8, 4) is 11.5 Å². The van der Waals surface area contributed by atoms with Gasteiger partial charge in [-0.3, -0.25) is 0 Å². The van der Waals surface area contributed by atoms with E-state index in [9.17, 15) is 0 Å². The van der Waals surface area contributed by atoms with Crippen LogP contribution >= 0.6 is 11.8 Å². The smallest absolute Gasteiger partial charge is 0.124 e.